The quantitative estimate of drug-likeness (QED) is 0.526. The lowest BCUT2D eigenvalue weighted by Gasteiger charge is -2.02. The van der Waals surface area contributed by atoms with Crippen LogP contribution >= 0.6 is 0 Å². The molecule has 1 aromatic rings. The lowest BCUT2D eigenvalue weighted by molar-refractivity contribution is 0.0960. The SMILES string of the molecule is CNC(=O)c1ccc(N)cc1O. The molecule has 4 heteroatoms. The predicted molar refractivity (Wildman–Crippen MR) is 45.9 cm³/mol. The third-order valence-corrected chi connectivity index (χ3v) is 1.49. The van der Waals surface area contributed by atoms with E-state index in [4.69, 9.17) is 5.73 Å². The summed E-state index contributed by atoms with van der Waals surface area (Å²) in [5.74, 6) is -0.429. The summed E-state index contributed by atoms with van der Waals surface area (Å²) < 4.78 is 0. The van der Waals surface area contributed by atoms with Crippen LogP contribution < -0.4 is 11.1 Å². The highest BCUT2D eigenvalue weighted by molar-refractivity contribution is 5.97. The number of carbonyl (C=O) groups is 1. The van der Waals surface area contributed by atoms with Gasteiger partial charge in [0.15, 0.2) is 0 Å². The van der Waals surface area contributed by atoms with Crippen LogP contribution in [0.4, 0.5) is 5.69 Å². The first-order valence-electron chi connectivity index (χ1n) is 3.45. The predicted octanol–water partition coefficient (Wildman–Crippen LogP) is 0.334. The Hall–Kier alpha value is -1.71. The van der Waals surface area contributed by atoms with E-state index in [2.05, 4.69) is 5.32 Å². The Kier molecular flexibility index (Phi) is 2.19. The zero-order chi connectivity index (χ0) is 9.14. The van der Waals surface area contributed by atoms with E-state index in [-0.39, 0.29) is 17.2 Å². The van der Waals surface area contributed by atoms with Crippen LogP contribution in [0, 0.1) is 0 Å². The third kappa shape index (κ3) is 1.47. The van der Waals surface area contributed by atoms with Crippen LogP contribution in [-0.4, -0.2) is 18.1 Å². The van der Waals surface area contributed by atoms with E-state index in [1.165, 1.54) is 19.2 Å². The molecule has 0 aromatic heterocycles. The van der Waals surface area contributed by atoms with Crippen LogP contribution in [0.15, 0.2) is 18.2 Å². The van der Waals surface area contributed by atoms with Crippen molar-refractivity contribution in [2.45, 2.75) is 0 Å². The fourth-order valence-corrected chi connectivity index (χ4v) is 0.875. The number of aromatic hydroxyl groups is 1. The second-order valence-corrected chi connectivity index (χ2v) is 2.36. The van der Waals surface area contributed by atoms with Crippen molar-refractivity contribution < 1.29 is 9.90 Å². The molecule has 0 fully saturated rings. The van der Waals surface area contributed by atoms with Crippen LogP contribution in [0.3, 0.4) is 0 Å². The standard InChI is InChI=1S/C8H10N2O2/c1-10-8(12)6-3-2-5(9)4-7(6)11/h2-4,11H,9H2,1H3,(H,10,12). The molecule has 0 saturated heterocycles. The highest BCUT2D eigenvalue weighted by atomic mass is 16.3. The second-order valence-electron chi connectivity index (χ2n) is 2.36. The summed E-state index contributed by atoms with van der Waals surface area (Å²) in [7, 11) is 1.50. The molecule has 0 aliphatic rings. The normalized spacial score (nSPS) is 9.42. The number of nitrogens with one attached hydrogen (secondary N) is 1. The largest absolute Gasteiger partial charge is 0.507 e. The minimum Gasteiger partial charge on any atom is -0.507 e. The Morgan fingerprint density at radius 1 is 1.58 bits per heavy atom. The number of carbonyl (C=O) groups excluding carboxylic acids is 1. The molecule has 64 valence electrons. The highest BCUT2D eigenvalue weighted by Crippen LogP contribution is 2.19. The number of amides is 1. The minimum absolute atomic E-state index is 0.102. The van der Waals surface area contributed by atoms with E-state index < -0.39 is 0 Å². The first kappa shape index (κ1) is 8.39. The molecular formula is C8H10N2O2. The molecule has 0 bridgehead atoms. The van der Waals surface area contributed by atoms with E-state index in [0.29, 0.717) is 5.69 Å². The summed E-state index contributed by atoms with van der Waals surface area (Å²) in [6.07, 6.45) is 0. The van der Waals surface area contributed by atoms with Gasteiger partial charge in [-0.15, -0.1) is 0 Å². The average Bonchev–Trinajstić information content (AvgIpc) is 2.03. The van der Waals surface area contributed by atoms with Crippen molar-refractivity contribution in [3.8, 4) is 5.75 Å². The van der Waals surface area contributed by atoms with Gasteiger partial charge in [0, 0.05) is 18.8 Å². The topological polar surface area (TPSA) is 75.4 Å². The Labute approximate surface area is 70.0 Å². The number of anilines is 1. The fraction of sp³-hybridized carbons (Fsp3) is 0.125. The van der Waals surface area contributed by atoms with E-state index in [1.807, 2.05) is 0 Å². The van der Waals surface area contributed by atoms with Crippen molar-refractivity contribution in [2.24, 2.45) is 0 Å². The Balaban J connectivity index is 3.09. The van der Waals surface area contributed by atoms with E-state index in [0.717, 1.165) is 0 Å². The molecule has 0 unspecified atom stereocenters. The van der Waals surface area contributed by atoms with Crippen LogP contribution in [0.25, 0.3) is 0 Å². The first-order chi connectivity index (χ1) is 5.65. The minimum atomic E-state index is -0.326. The monoisotopic (exact) mass is 166 g/mol. The fourth-order valence-electron chi connectivity index (χ4n) is 0.875. The van der Waals surface area contributed by atoms with Gasteiger partial charge < -0.3 is 16.2 Å². The number of phenols is 1. The average molecular weight is 166 g/mol. The van der Waals surface area contributed by atoms with Gasteiger partial charge in [-0.3, -0.25) is 4.79 Å². The molecule has 0 aliphatic carbocycles. The molecule has 0 heterocycles. The van der Waals surface area contributed by atoms with E-state index in [1.54, 1.807) is 6.07 Å². The van der Waals surface area contributed by atoms with Gasteiger partial charge in [-0.1, -0.05) is 0 Å². The summed E-state index contributed by atoms with van der Waals surface area (Å²) in [6.45, 7) is 0. The molecule has 0 spiro atoms. The number of nitrogens with two attached hydrogens (primary N) is 1. The maximum atomic E-state index is 11.0. The van der Waals surface area contributed by atoms with Crippen molar-refractivity contribution in [1.29, 1.82) is 0 Å². The Morgan fingerprint density at radius 2 is 2.25 bits per heavy atom. The van der Waals surface area contributed by atoms with Crippen molar-refractivity contribution in [3.63, 3.8) is 0 Å². The van der Waals surface area contributed by atoms with Gasteiger partial charge in [0.1, 0.15) is 5.75 Å². The molecule has 0 saturated carbocycles. The van der Waals surface area contributed by atoms with Crippen molar-refractivity contribution >= 4 is 11.6 Å². The van der Waals surface area contributed by atoms with Crippen molar-refractivity contribution in [1.82, 2.24) is 5.32 Å². The van der Waals surface area contributed by atoms with Gasteiger partial charge in [-0.25, -0.2) is 0 Å². The van der Waals surface area contributed by atoms with Gasteiger partial charge >= 0.3 is 0 Å². The third-order valence-electron chi connectivity index (χ3n) is 1.49. The Morgan fingerprint density at radius 3 is 2.75 bits per heavy atom. The number of benzene rings is 1. The molecular weight excluding hydrogens is 156 g/mol. The number of nitrogen functional groups attached to an aromatic ring is 1. The van der Waals surface area contributed by atoms with Crippen LogP contribution in [0.5, 0.6) is 5.75 Å². The lowest BCUT2D eigenvalue weighted by Crippen LogP contribution is -2.17. The molecule has 0 atom stereocenters. The van der Waals surface area contributed by atoms with Crippen LogP contribution in [0.2, 0.25) is 0 Å². The highest BCUT2D eigenvalue weighted by Gasteiger charge is 2.07. The smallest absolute Gasteiger partial charge is 0.254 e. The summed E-state index contributed by atoms with van der Waals surface area (Å²) in [5.41, 5.74) is 6.04. The maximum Gasteiger partial charge on any atom is 0.254 e. The lowest BCUT2D eigenvalue weighted by atomic mass is 10.1. The molecule has 1 amide bonds. The van der Waals surface area contributed by atoms with E-state index in [9.17, 15) is 9.90 Å². The second kappa shape index (κ2) is 3.13. The van der Waals surface area contributed by atoms with Crippen LogP contribution in [-0.2, 0) is 0 Å². The summed E-state index contributed by atoms with van der Waals surface area (Å²) in [4.78, 5) is 11.0. The van der Waals surface area contributed by atoms with Crippen LogP contribution in [0.1, 0.15) is 10.4 Å². The van der Waals surface area contributed by atoms with Crippen molar-refractivity contribution in [2.75, 3.05) is 12.8 Å². The zero-order valence-corrected chi connectivity index (χ0v) is 6.66. The molecule has 0 aliphatic heterocycles. The van der Waals surface area contributed by atoms with Crippen molar-refractivity contribution in [3.05, 3.63) is 23.8 Å². The Bertz CT molecular complexity index is 310. The van der Waals surface area contributed by atoms with Gasteiger partial charge in [-0.05, 0) is 12.1 Å². The number of rotatable bonds is 1. The summed E-state index contributed by atoms with van der Waals surface area (Å²) >= 11 is 0. The molecule has 1 aromatic carbocycles. The summed E-state index contributed by atoms with van der Waals surface area (Å²) in [6, 6.07) is 4.37. The maximum absolute atomic E-state index is 11.0. The molecule has 4 N–H and O–H groups in total. The number of phenolic OH excluding ortho intramolecular Hbond substituents is 1. The molecule has 1 rings (SSSR count). The van der Waals surface area contributed by atoms with Gasteiger partial charge in [0.05, 0.1) is 5.56 Å². The van der Waals surface area contributed by atoms with Gasteiger partial charge in [0.2, 0.25) is 0 Å². The first-order valence-corrected chi connectivity index (χ1v) is 3.45. The van der Waals surface area contributed by atoms with Gasteiger partial charge in [0.25, 0.3) is 5.91 Å². The zero-order valence-electron chi connectivity index (χ0n) is 6.66. The van der Waals surface area contributed by atoms with E-state index >= 15 is 0 Å². The van der Waals surface area contributed by atoms with Gasteiger partial charge in [-0.2, -0.15) is 0 Å². The molecule has 0 radical (unpaired) electrons. The summed E-state index contributed by atoms with van der Waals surface area (Å²) in [5, 5.41) is 11.7. The molecule has 12 heavy (non-hydrogen) atoms. The number of hydrogen-bond donors (Lipinski definition) is 3. The number of hydrogen-bond acceptors (Lipinski definition) is 3. The molecule has 4 nitrogen and oxygen atoms in total.